The molecule has 0 aromatic carbocycles. The summed E-state index contributed by atoms with van der Waals surface area (Å²) in [7, 11) is 0. The maximum Gasteiger partial charge on any atom is 0.191 e. The predicted octanol–water partition coefficient (Wildman–Crippen LogP) is 3.01. The van der Waals surface area contributed by atoms with E-state index >= 15 is 0 Å². The van der Waals surface area contributed by atoms with Gasteiger partial charge in [0.05, 0.1) is 6.61 Å². The van der Waals surface area contributed by atoms with Gasteiger partial charge in [-0.15, -0.1) is 0 Å². The summed E-state index contributed by atoms with van der Waals surface area (Å²) < 4.78 is 0. The molecule has 1 aromatic heterocycles. The van der Waals surface area contributed by atoms with Crippen molar-refractivity contribution in [2.45, 2.75) is 51.2 Å². The van der Waals surface area contributed by atoms with Crippen LogP contribution in [-0.4, -0.2) is 47.1 Å². The highest BCUT2D eigenvalue weighted by molar-refractivity contribution is 7.98. The van der Waals surface area contributed by atoms with Crippen molar-refractivity contribution in [3.8, 4) is 0 Å². The molecular weight excluding hydrogens is 284 g/mol. The number of rotatable bonds is 10. The zero-order valence-electron chi connectivity index (χ0n) is 13.6. The molecule has 0 saturated carbocycles. The zero-order chi connectivity index (χ0) is 15.7. The molecule has 0 aliphatic carbocycles. The third-order valence-corrected chi connectivity index (χ3v) is 4.00. The molecular formula is C15H28N4OS. The Balaban J connectivity index is 3.09. The fourth-order valence-electron chi connectivity index (χ4n) is 2.32. The molecule has 120 valence electrons. The van der Waals surface area contributed by atoms with Crippen LogP contribution in [0.3, 0.4) is 0 Å². The van der Waals surface area contributed by atoms with E-state index in [-0.39, 0.29) is 6.61 Å². The summed E-state index contributed by atoms with van der Waals surface area (Å²) >= 11 is 1.54. The Morgan fingerprint density at radius 3 is 2.52 bits per heavy atom. The molecule has 0 aliphatic heterocycles. The number of thioether (sulfide) groups is 1. The van der Waals surface area contributed by atoms with Crippen molar-refractivity contribution in [1.29, 1.82) is 0 Å². The van der Waals surface area contributed by atoms with Crippen molar-refractivity contribution in [1.82, 2.24) is 9.97 Å². The fourth-order valence-corrected chi connectivity index (χ4v) is 2.69. The Morgan fingerprint density at radius 1 is 1.29 bits per heavy atom. The second-order valence-corrected chi connectivity index (χ2v) is 5.69. The third kappa shape index (κ3) is 5.36. The van der Waals surface area contributed by atoms with Gasteiger partial charge >= 0.3 is 0 Å². The van der Waals surface area contributed by atoms with E-state index in [0.717, 1.165) is 42.6 Å². The average Bonchev–Trinajstić information content (AvgIpc) is 2.52. The van der Waals surface area contributed by atoms with E-state index in [1.807, 2.05) is 12.3 Å². The van der Waals surface area contributed by atoms with Crippen molar-refractivity contribution < 1.29 is 5.11 Å². The molecule has 0 fully saturated rings. The van der Waals surface area contributed by atoms with Crippen LogP contribution in [0.5, 0.6) is 0 Å². The maximum absolute atomic E-state index is 9.37. The van der Waals surface area contributed by atoms with Gasteiger partial charge in [-0.25, -0.2) is 9.97 Å². The topological polar surface area (TPSA) is 61.3 Å². The van der Waals surface area contributed by atoms with Crippen molar-refractivity contribution in [2.75, 3.05) is 36.2 Å². The zero-order valence-corrected chi connectivity index (χ0v) is 14.4. The van der Waals surface area contributed by atoms with E-state index < -0.39 is 0 Å². The van der Waals surface area contributed by atoms with Gasteiger partial charge < -0.3 is 15.3 Å². The van der Waals surface area contributed by atoms with Crippen LogP contribution in [0.1, 0.15) is 40.0 Å². The van der Waals surface area contributed by atoms with Gasteiger partial charge in [0.1, 0.15) is 11.6 Å². The average molecular weight is 312 g/mol. The second-order valence-electron chi connectivity index (χ2n) is 4.91. The summed E-state index contributed by atoms with van der Waals surface area (Å²) in [6.07, 6.45) is 5.11. The van der Waals surface area contributed by atoms with Gasteiger partial charge in [-0.3, -0.25) is 0 Å². The van der Waals surface area contributed by atoms with E-state index in [1.165, 1.54) is 0 Å². The van der Waals surface area contributed by atoms with Gasteiger partial charge in [0.2, 0.25) is 0 Å². The standard InChI is InChI=1S/C15H28N4OS/c1-5-8-16-13-11-14(18-15(17-13)21-4)19(9-10-20)12(6-2)7-3/h11-12,20H,5-10H2,1-4H3,(H,16,17,18). The van der Waals surface area contributed by atoms with Gasteiger partial charge in [0.15, 0.2) is 5.16 Å². The molecule has 2 N–H and O–H groups in total. The molecule has 5 nitrogen and oxygen atoms in total. The van der Waals surface area contributed by atoms with Crippen molar-refractivity contribution in [2.24, 2.45) is 0 Å². The van der Waals surface area contributed by atoms with Crippen LogP contribution >= 0.6 is 11.8 Å². The molecule has 0 atom stereocenters. The van der Waals surface area contributed by atoms with Gasteiger partial charge in [-0.2, -0.15) is 0 Å². The van der Waals surface area contributed by atoms with Crippen LogP contribution in [0.4, 0.5) is 11.6 Å². The minimum Gasteiger partial charge on any atom is -0.395 e. The summed E-state index contributed by atoms with van der Waals surface area (Å²) in [6, 6.07) is 2.38. The van der Waals surface area contributed by atoms with Crippen LogP contribution in [0, 0.1) is 0 Å². The molecule has 0 spiro atoms. The van der Waals surface area contributed by atoms with Crippen LogP contribution in [0.15, 0.2) is 11.2 Å². The summed E-state index contributed by atoms with van der Waals surface area (Å²) in [5.41, 5.74) is 0. The Morgan fingerprint density at radius 2 is 2.00 bits per heavy atom. The van der Waals surface area contributed by atoms with Crippen LogP contribution in [0.2, 0.25) is 0 Å². The number of hydrogen-bond acceptors (Lipinski definition) is 6. The quantitative estimate of drug-likeness (QED) is 0.511. The first-order valence-corrected chi connectivity index (χ1v) is 8.96. The molecule has 0 unspecified atom stereocenters. The fraction of sp³-hybridized carbons (Fsp3) is 0.733. The van der Waals surface area contributed by atoms with Crippen LogP contribution in [0.25, 0.3) is 0 Å². The third-order valence-electron chi connectivity index (χ3n) is 3.45. The largest absolute Gasteiger partial charge is 0.395 e. The van der Waals surface area contributed by atoms with Gasteiger partial charge in [0, 0.05) is 25.2 Å². The molecule has 0 amide bonds. The smallest absolute Gasteiger partial charge is 0.191 e. The first kappa shape index (κ1) is 18.0. The number of aliphatic hydroxyl groups is 1. The highest BCUT2D eigenvalue weighted by Gasteiger charge is 2.18. The predicted molar refractivity (Wildman–Crippen MR) is 91.4 cm³/mol. The molecule has 1 aromatic rings. The lowest BCUT2D eigenvalue weighted by Gasteiger charge is -2.31. The monoisotopic (exact) mass is 312 g/mol. The summed E-state index contributed by atoms with van der Waals surface area (Å²) in [4.78, 5) is 11.3. The van der Waals surface area contributed by atoms with Crippen molar-refractivity contribution in [3.05, 3.63) is 6.07 Å². The van der Waals surface area contributed by atoms with Crippen LogP contribution in [-0.2, 0) is 0 Å². The molecule has 0 aliphatic rings. The van der Waals surface area contributed by atoms with Crippen molar-refractivity contribution >= 4 is 23.4 Å². The minimum absolute atomic E-state index is 0.132. The lowest BCUT2D eigenvalue weighted by Crippen LogP contribution is -2.37. The molecule has 0 saturated heterocycles. The Hall–Kier alpha value is -1.01. The normalized spacial score (nSPS) is 11.0. The summed E-state index contributed by atoms with van der Waals surface area (Å²) in [5, 5.41) is 13.5. The lowest BCUT2D eigenvalue weighted by molar-refractivity contribution is 0.295. The van der Waals surface area contributed by atoms with E-state index in [1.54, 1.807) is 11.8 Å². The Bertz CT molecular complexity index is 413. The SMILES string of the molecule is CCCNc1cc(N(CCO)C(CC)CC)nc(SC)n1. The molecule has 1 heterocycles. The van der Waals surface area contributed by atoms with Crippen molar-refractivity contribution in [3.63, 3.8) is 0 Å². The van der Waals surface area contributed by atoms with E-state index in [4.69, 9.17) is 0 Å². The maximum atomic E-state index is 9.37. The molecule has 1 rings (SSSR count). The lowest BCUT2D eigenvalue weighted by atomic mass is 10.1. The van der Waals surface area contributed by atoms with Gasteiger partial charge in [-0.1, -0.05) is 32.5 Å². The molecule has 0 radical (unpaired) electrons. The Kier molecular flexibility index (Phi) is 8.45. The highest BCUT2D eigenvalue weighted by Crippen LogP contribution is 2.23. The number of nitrogens with zero attached hydrogens (tertiary/aromatic N) is 3. The summed E-state index contributed by atoms with van der Waals surface area (Å²) in [6.45, 7) is 8.11. The number of hydrogen-bond donors (Lipinski definition) is 2. The van der Waals surface area contributed by atoms with E-state index in [2.05, 4.69) is 41.0 Å². The van der Waals surface area contributed by atoms with E-state index in [9.17, 15) is 5.11 Å². The van der Waals surface area contributed by atoms with Gasteiger partial charge in [0.25, 0.3) is 0 Å². The first-order valence-electron chi connectivity index (χ1n) is 7.74. The number of aliphatic hydroxyl groups excluding tert-OH is 1. The van der Waals surface area contributed by atoms with Crippen LogP contribution < -0.4 is 10.2 Å². The number of anilines is 2. The highest BCUT2D eigenvalue weighted by atomic mass is 32.2. The van der Waals surface area contributed by atoms with Gasteiger partial charge in [-0.05, 0) is 25.5 Å². The molecule has 6 heteroatoms. The Labute approximate surface area is 132 Å². The summed E-state index contributed by atoms with van der Waals surface area (Å²) in [5.74, 6) is 1.76. The second kappa shape index (κ2) is 9.84. The molecule has 0 bridgehead atoms. The molecule has 21 heavy (non-hydrogen) atoms. The number of aromatic nitrogens is 2. The number of nitrogens with one attached hydrogen (secondary N) is 1. The first-order chi connectivity index (χ1) is 10.2. The van der Waals surface area contributed by atoms with E-state index in [0.29, 0.717) is 12.6 Å². The minimum atomic E-state index is 0.132.